The first-order valence-electron chi connectivity index (χ1n) is 8.58. The third kappa shape index (κ3) is 4.74. The Bertz CT molecular complexity index is 942. The molecule has 2 aromatic heterocycles. The number of carbonyl (C=O) groups is 1. The number of carboxylic acids is 1. The van der Waals surface area contributed by atoms with Gasteiger partial charge in [0.15, 0.2) is 0 Å². The first-order valence-corrected chi connectivity index (χ1v) is 9.40. The molecule has 0 aliphatic carbocycles. The van der Waals surface area contributed by atoms with E-state index in [9.17, 15) is 14.3 Å². The van der Waals surface area contributed by atoms with E-state index in [2.05, 4.69) is 9.97 Å². The minimum atomic E-state index is -0.945. The molecular weight excluding hydrogens is 365 g/mol. The fourth-order valence-electron chi connectivity index (χ4n) is 2.72. The molecule has 0 bridgehead atoms. The van der Waals surface area contributed by atoms with Gasteiger partial charge in [-0.15, -0.1) is 0 Å². The highest BCUT2D eigenvalue weighted by atomic mass is 32.2. The van der Waals surface area contributed by atoms with Gasteiger partial charge in [-0.25, -0.2) is 9.37 Å². The van der Waals surface area contributed by atoms with Crippen molar-refractivity contribution >= 4 is 17.7 Å². The van der Waals surface area contributed by atoms with E-state index in [-0.39, 0.29) is 18.2 Å². The minimum absolute atomic E-state index is 0.0959. The second-order valence-electron chi connectivity index (χ2n) is 6.41. The summed E-state index contributed by atoms with van der Waals surface area (Å²) in [5, 5.41) is 10.1. The van der Waals surface area contributed by atoms with Crippen molar-refractivity contribution < 1.29 is 14.3 Å². The van der Waals surface area contributed by atoms with E-state index in [0.29, 0.717) is 12.4 Å². The van der Waals surface area contributed by atoms with Crippen LogP contribution in [0.3, 0.4) is 0 Å². The van der Waals surface area contributed by atoms with Crippen molar-refractivity contribution in [1.82, 2.24) is 14.5 Å². The molecule has 7 heteroatoms. The molecule has 3 aromatic rings. The molecule has 1 aromatic carbocycles. The van der Waals surface area contributed by atoms with Gasteiger partial charge >= 0.3 is 5.97 Å². The number of imidazole rings is 1. The summed E-state index contributed by atoms with van der Waals surface area (Å²) < 4.78 is 15.5. The van der Waals surface area contributed by atoms with Crippen molar-refractivity contribution in [3.63, 3.8) is 0 Å². The zero-order chi connectivity index (χ0) is 19.4. The Labute approximate surface area is 161 Å². The second kappa shape index (κ2) is 8.35. The van der Waals surface area contributed by atoms with E-state index in [4.69, 9.17) is 0 Å². The van der Waals surface area contributed by atoms with Gasteiger partial charge in [0.25, 0.3) is 0 Å². The van der Waals surface area contributed by atoms with Crippen LogP contribution in [0.2, 0.25) is 0 Å². The number of pyridine rings is 1. The van der Waals surface area contributed by atoms with Crippen LogP contribution in [0.1, 0.15) is 37.0 Å². The summed E-state index contributed by atoms with van der Waals surface area (Å²) >= 11 is 1.39. The zero-order valence-electron chi connectivity index (χ0n) is 15.1. The molecule has 27 heavy (non-hydrogen) atoms. The van der Waals surface area contributed by atoms with Crippen molar-refractivity contribution in [2.24, 2.45) is 0 Å². The molecule has 140 valence electrons. The first-order chi connectivity index (χ1) is 12.9. The Hall–Kier alpha value is -2.67. The van der Waals surface area contributed by atoms with E-state index < -0.39 is 5.97 Å². The topological polar surface area (TPSA) is 68.0 Å². The van der Waals surface area contributed by atoms with E-state index in [1.165, 1.54) is 23.9 Å². The van der Waals surface area contributed by atoms with Crippen LogP contribution in [-0.4, -0.2) is 25.6 Å². The standard InChI is InChI=1S/C20H20FN3O2S/c1-13(2)19-20(27-16-8-5-6-14(21)10-16)24(17(23-19)11-18(25)26)12-15-7-3-4-9-22-15/h3-10,13H,11-12H2,1-2H3,(H,25,26). The van der Waals surface area contributed by atoms with Gasteiger partial charge in [0, 0.05) is 11.1 Å². The van der Waals surface area contributed by atoms with Gasteiger partial charge in [-0.1, -0.05) is 37.7 Å². The van der Waals surface area contributed by atoms with Gasteiger partial charge < -0.3 is 9.67 Å². The molecule has 0 fully saturated rings. The molecule has 0 radical (unpaired) electrons. The highest BCUT2D eigenvalue weighted by molar-refractivity contribution is 7.99. The summed E-state index contributed by atoms with van der Waals surface area (Å²) in [5.41, 5.74) is 1.61. The summed E-state index contributed by atoms with van der Waals surface area (Å²) in [6.07, 6.45) is 1.52. The largest absolute Gasteiger partial charge is 0.481 e. The van der Waals surface area contributed by atoms with Crippen molar-refractivity contribution in [2.45, 2.75) is 42.7 Å². The lowest BCUT2D eigenvalue weighted by Crippen LogP contribution is -2.11. The maximum Gasteiger partial charge on any atom is 0.311 e. The number of halogens is 1. The number of nitrogens with zero attached hydrogens (tertiary/aromatic N) is 3. The van der Waals surface area contributed by atoms with Gasteiger partial charge in [-0.2, -0.15) is 0 Å². The number of aromatic nitrogens is 3. The van der Waals surface area contributed by atoms with Crippen molar-refractivity contribution in [3.8, 4) is 0 Å². The maximum absolute atomic E-state index is 13.6. The average Bonchev–Trinajstić information content (AvgIpc) is 2.93. The van der Waals surface area contributed by atoms with E-state index >= 15 is 0 Å². The molecule has 0 saturated heterocycles. The predicted molar refractivity (Wildman–Crippen MR) is 102 cm³/mol. The zero-order valence-corrected chi connectivity index (χ0v) is 15.9. The van der Waals surface area contributed by atoms with Crippen LogP contribution in [0.15, 0.2) is 58.6 Å². The molecule has 0 unspecified atom stereocenters. The lowest BCUT2D eigenvalue weighted by Gasteiger charge is -2.13. The highest BCUT2D eigenvalue weighted by Crippen LogP contribution is 2.35. The van der Waals surface area contributed by atoms with Gasteiger partial charge in [-0.3, -0.25) is 9.78 Å². The Balaban J connectivity index is 2.09. The number of rotatable bonds is 7. The molecule has 0 saturated carbocycles. The van der Waals surface area contributed by atoms with E-state index in [0.717, 1.165) is 21.3 Å². The Kier molecular flexibility index (Phi) is 5.91. The van der Waals surface area contributed by atoms with Crippen molar-refractivity contribution in [3.05, 3.63) is 71.7 Å². The number of carboxylic acid groups (broad SMARTS) is 1. The Morgan fingerprint density at radius 2 is 2.07 bits per heavy atom. The van der Waals surface area contributed by atoms with Gasteiger partial charge in [0.2, 0.25) is 0 Å². The van der Waals surface area contributed by atoms with Gasteiger partial charge in [-0.05, 0) is 36.2 Å². The van der Waals surface area contributed by atoms with Crippen LogP contribution in [-0.2, 0) is 17.8 Å². The molecule has 0 aliphatic heterocycles. The summed E-state index contributed by atoms with van der Waals surface area (Å²) in [6.45, 7) is 4.42. The lowest BCUT2D eigenvalue weighted by molar-refractivity contribution is -0.136. The van der Waals surface area contributed by atoms with Gasteiger partial charge in [0.05, 0.1) is 17.9 Å². The van der Waals surface area contributed by atoms with E-state index in [1.807, 2.05) is 42.7 Å². The Morgan fingerprint density at radius 1 is 1.26 bits per heavy atom. The minimum Gasteiger partial charge on any atom is -0.481 e. The molecule has 0 amide bonds. The summed E-state index contributed by atoms with van der Waals surface area (Å²) in [7, 11) is 0. The molecule has 0 aliphatic rings. The predicted octanol–water partition coefficient (Wildman–Crippen LogP) is 4.37. The smallest absolute Gasteiger partial charge is 0.311 e. The van der Waals surface area contributed by atoms with Crippen LogP contribution >= 0.6 is 11.8 Å². The van der Waals surface area contributed by atoms with Crippen molar-refractivity contribution in [2.75, 3.05) is 0 Å². The summed E-state index contributed by atoms with van der Waals surface area (Å²) in [6, 6.07) is 11.9. The van der Waals surface area contributed by atoms with Crippen LogP contribution in [0, 0.1) is 5.82 Å². The molecule has 3 rings (SSSR count). The monoisotopic (exact) mass is 385 g/mol. The summed E-state index contributed by atoms with van der Waals surface area (Å²) in [5.74, 6) is -0.693. The molecule has 1 N–H and O–H groups in total. The normalized spacial score (nSPS) is 11.1. The third-order valence-corrected chi connectivity index (χ3v) is 5.05. The molecule has 0 atom stereocenters. The highest BCUT2D eigenvalue weighted by Gasteiger charge is 2.22. The number of aliphatic carboxylic acids is 1. The van der Waals surface area contributed by atoms with Crippen LogP contribution < -0.4 is 0 Å². The number of hydrogen-bond acceptors (Lipinski definition) is 4. The SMILES string of the molecule is CC(C)c1nc(CC(=O)O)n(Cc2ccccn2)c1Sc1cccc(F)c1. The van der Waals surface area contributed by atoms with Gasteiger partial charge in [0.1, 0.15) is 23.1 Å². The molecule has 2 heterocycles. The fourth-order valence-corrected chi connectivity index (χ4v) is 3.92. The second-order valence-corrected chi connectivity index (χ2v) is 7.47. The molecular formula is C20H20FN3O2S. The molecule has 0 spiro atoms. The quantitative estimate of drug-likeness (QED) is 0.654. The number of hydrogen-bond donors (Lipinski definition) is 1. The average molecular weight is 385 g/mol. The van der Waals surface area contributed by atoms with Crippen LogP contribution in [0.5, 0.6) is 0 Å². The Morgan fingerprint density at radius 3 is 2.70 bits per heavy atom. The lowest BCUT2D eigenvalue weighted by atomic mass is 10.1. The van der Waals surface area contributed by atoms with E-state index in [1.54, 1.807) is 12.3 Å². The van der Waals surface area contributed by atoms with Crippen LogP contribution in [0.4, 0.5) is 4.39 Å². The van der Waals surface area contributed by atoms with Crippen LogP contribution in [0.25, 0.3) is 0 Å². The third-order valence-electron chi connectivity index (χ3n) is 3.94. The molecule has 5 nitrogen and oxygen atoms in total. The summed E-state index contributed by atoms with van der Waals surface area (Å²) in [4.78, 5) is 21.0. The fraction of sp³-hybridized carbons (Fsp3) is 0.250. The maximum atomic E-state index is 13.6. The number of benzene rings is 1. The first kappa shape index (κ1) is 19.1. The van der Waals surface area contributed by atoms with Crippen molar-refractivity contribution in [1.29, 1.82) is 0 Å².